The molecule has 2 aliphatic heterocycles. The van der Waals surface area contributed by atoms with Gasteiger partial charge in [-0.25, -0.2) is 4.79 Å². The van der Waals surface area contributed by atoms with Crippen molar-refractivity contribution < 1.29 is 14.4 Å². The Kier molecular flexibility index (Phi) is 4.42. The van der Waals surface area contributed by atoms with Gasteiger partial charge in [0.15, 0.2) is 0 Å². The molecule has 6 heteroatoms. The van der Waals surface area contributed by atoms with Crippen molar-refractivity contribution in [3.05, 3.63) is 0 Å². The molecule has 0 saturated carbocycles. The Morgan fingerprint density at radius 2 is 2.00 bits per heavy atom. The first-order chi connectivity index (χ1) is 9.40. The summed E-state index contributed by atoms with van der Waals surface area (Å²) in [5.74, 6) is -1.36. The number of carbonyl (C=O) groups excluding carboxylic acids is 3. The summed E-state index contributed by atoms with van der Waals surface area (Å²) in [5, 5.41) is 2.31. The van der Waals surface area contributed by atoms with Crippen LogP contribution in [0.4, 0.5) is 4.79 Å². The van der Waals surface area contributed by atoms with Crippen LogP contribution in [0.1, 0.15) is 26.7 Å². The van der Waals surface area contributed by atoms with Crippen LogP contribution in [-0.2, 0) is 9.59 Å². The molecule has 112 valence electrons. The molecule has 2 aliphatic rings. The highest BCUT2D eigenvalue weighted by atomic mass is 16.2. The van der Waals surface area contributed by atoms with E-state index in [1.165, 1.54) is 4.90 Å². The lowest BCUT2D eigenvalue weighted by Gasteiger charge is -2.36. The van der Waals surface area contributed by atoms with Gasteiger partial charge in [0.05, 0.1) is 0 Å². The number of imide groups is 2. The summed E-state index contributed by atoms with van der Waals surface area (Å²) in [6.07, 6.45) is 2.10. The molecule has 0 spiro atoms. The number of hydrogen-bond acceptors (Lipinski definition) is 4. The fraction of sp³-hybridized carbons (Fsp3) is 0.786. The number of nitrogens with zero attached hydrogens (tertiary/aromatic N) is 2. The number of piperidine rings is 1. The zero-order valence-corrected chi connectivity index (χ0v) is 12.4. The van der Waals surface area contributed by atoms with Crippen molar-refractivity contribution >= 4 is 17.8 Å². The molecule has 0 aromatic heterocycles. The average molecular weight is 281 g/mol. The van der Waals surface area contributed by atoms with E-state index in [1.807, 2.05) is 20.9 Å². The highest BCUT2D eigenvalue weighted by Gasteiger charge is 2.42. The third-order valence-electron chi connectivity index (χ3n) is 4.12. The smallest absolute Gasteiger partial charge is 0.306 e. The number of rotatable bonds is 3. The minimum atomic E-state index is -0.742. The Morgan fingerprint density at radius 1 is 1.30 bits per heavy atom. The summed E-state index contributed by atoms with van der Waals surface area (Å²) in [6, 6.07) is -0.565. The summed E-state index contributed by atoms with van der Waals surface area (Å²) in [4.78, 5) is 39.5. The lowest BCUT2D eigenvalue weighted by Crippen LogP contribution is -2.60. The van der Waals surface area contributed by atoms with Crippen LogP contribution in [0.25, 0.3) is 0 Å². The van der Waals surface area contributed by atoms with Crippen LogP contribution in [0.15, 0.2) is 0 Å². The predicted molar refractivity (Wildman–Crippen MR) is 73.8 cm³/mol. The zero-order chi connectivity index (χ0) is 14.9. The average Bonchev–Trinajstić information content (AvgIpc) is 2.33. The van der Waals surface area contributed by atoms with Gasteiger partial charge in [-0.2, -0.15) is 0 Å². The van der Waals surface area contributed by atoms with E-state index in [9.17, 15) is 14.4 Å². The van der Waals surface area contributed by atoms with Crippen molar-refractivity contribution in [2.45, 2.75) is 26.7 Å². The molecule has 0 aromatic rings. The quantitative estimate of drug-likeness (QED) is 0.772. The number of barbiturate groups is 1. The van der Waals surface area contributed by atoms with Crippen molar-refractivity contribution in [2.24, 2.45) is 17.8 Å². The molecule has 2 heterocycles. The van der Waals surface area contributed by atoms with Crippen molar-refractivity contribution in [1.82, 2.24) is 15.1 Å². The fourth-order valence-electron chi connectivity index (χ4n) is 3.07. The van der Waals surface area contributed by atoms with Gasteiger partial charge >= 0.3 is 6.03 Å². The van der Waals surface area contributed by atoms with Crippen molar-refractivity contribution in [1.29, 1.82) is 0 Å². The van der Waals surface area contributed by atoms with Crippen LogP contribution in [0, 0.1) is 17.8 Å². The first kappa shape index (κ1) is 15.0. The van der Waals surface area contributed by atoms with Gasteiger partial charge in [0.2, 0.25) is 11.8 Å². The second-order valence-corrected chi connectivity index (χ2v) is 6.24. The molecule has 0 radical (unpaired) electrons. The van der Waals surface area contributed by atoms with E-state index < -0.39 is 17.9 Å². The summed E-state index contributed by atoms with van der Waals surface area (Å²) < 4.78 is 0. The van der Waals surface area contributed by atoms with Crippen LogP contribution in [-0.4, -0.2) is 54.3 Å². The zero-order valence-electron chi connectivity index (χ0n) is 12.4. The number of likely N-dealkylation sites (tertiary alicyclic amines) is 1. The predicted octanol–water partition coefficient (Wildman–Crippen LogP) is 0.679. The highest BCUT2D eigenvalue weighted by Crippen LogP contribution is 2.22. The molecule has 2 saturated heterocycles. The molecule has 2 fully saturated rings. The van der Waals surface area contributed by atoms with Crippen molar-refractivity contribution in [3.63, 3.8) is 0 Å². The van der Waals surface area contributed by atoms with Crippen LogP contribution in [0.3, 0.4) is 0 Å². The normalized spacial score (nSPS) is 29.0. The van der Waals surface area contributed by atoms with E-state index in [1.54, 1.807) is 0 Å². The summed E-state index contributed by atoms with van der Waals surface area (Å²) in [7, 11) is 2.05. The number of nitrogens with one attached hydrogen (secondary N) is 1. The van der Waals surface area contributed by atoms with Crippen molar-refractivity contribution in [3.8, 4) is 0 Å². The molecule has 2 atom stereocenters. The Labute approximate surface area is 119 Å². The van der Waals surface area contributed by atoms with Gasteiger partial charge < -0.3 is 4.90 Å². The first-order valence-electron chi connectivity index (χ1n) is 7.25. The maximum Gasteiger partial charge on any atom is 0.330 e. The van der Waals surface area contributed by atoms with E-state index in [0.29, 0.717) is 12.5 Å². The number of carbonyl (C=O) groups is 3. The van der Waals surface area contributed by atoms with Gasteiger partial charge in [-0.3, -0.25) is 19.8 Å². The van der Waals surface area contributed by atoms with Crippen molar-refractivity contribution in [2.75, 3.05) is 26.7 Å². The van der Waals surface area contributed by atoms with Gasteiger partial charge in [-0.05, 0) is 38.3 Å². The van der Waals surface area contributed by atoms with Gasteiger partial charge in [0, 0.05) is 13.1 Å². The van der Waals surface area contributed by atoms with Gasteiger partial charge in [-0.1, -0.05) is 13.8 Å². The standard InChI is InChI=1S/C14H23N3O3/c1-9(2)11-12(18)15-14(20)17(13(11)19)8-10-5-4-6-16(3)7-10/h9-11H,4-8H2,1-3H3,(H,15,18,20). The second kappa shape index (κ2) is 5.91. The summed E-state index contributed by atoms with van der Waals surface area (Å²) in [6.45, 7) is 6.00. The first-order valence-corrected chi connectivity index (χ1v) is 7.25. The largest absolute Gasteiger partial charge is 0.330 e. The SMILES string of the molecule is CC(C)C1C(=O)NC(=O)N(CC2CCCN(C)C2)C1=O. The van der Waals surface area contributed by atoms with Crippen LogP contribution >= 0.6 is 0 Å². The van der Waals surface area contributed by atoms with E-state index in [-0.39, 0.29) is 11.8 Å². The number of hydrogen-bond donors (Lipinski definition) is 1. The molecule has 2 unspecified atom stereocenters. The Hall–Kier alpha value is -1.43. The summed E-state index contributed by atoms with van der Waals surface area (Å²) >= 11 is 0. The third kappa shape index (κ3) is 3.00. The Balaban J connectivity index is 2.07. The minimum absolute atomic E-state index is 0.105. The molecule has 0 aromatic carbocycles. The monoisotopic (exact) mass is 281 g/mol. The minimum Gasteiger partial charge on any atom is -0.306 e. The summed E-state index contributed by atoms with van der Waals surface area (Å²) in [5.41, 5.74) is 0. The van der Waals surface area contributed by atoms with Gasteiger partial charge in [-0.15, -0.1) is 0 Å². The highest BCUT2D eigenvalue weighted by molar-refractivity contribution is 6.16. The molecule has 1 N–H and O–H groups in total. The third-order valence-corrected chi connectivity index (χ3v) is 4.12. The van der Waals surface area contributed by atoms with E-state index in [0.717, 1.165) is 25.9 Å². The van der Waals surface area contributed by atoms with E-state index in [4.69, 9.17) is 0 Å². The molecule has 0 aliphatic carbocycles. The van der Waals surface area contributed by atoms with Gasteiger partial charge in [0.1, 0.15) is 5.92 Å². The number of urea groups is 1. The molecular weight excluding hydrogens is 258 g/mol. The maximum atomic E-state index is 12.4. The van der Waals surface area contributed by atoms with Gasteiger partial charge in [0.25, 0.3) is 0 Å². The van der Waals surface area contributed by atoms with Crippen LogP contribution in [0.2, 0.25) is 0 Å². The molecule has 2 rings (SSSR count). The molecule has 20 heavy (non-hydrogen) atoms. The lowest BCUT2D eigenvalue weighted by molar-refractivity contribution is -0.145. The van der Waals surface area contributed by atoms with E-state index >= 15 is 0 Å². The molecule has 0 bridgehead atoms. The fourth-order valence-corrected chi connectivity index (χ4v) is 3.07. The second-order valence-electron chi connectivity index (χ2n) is 6.24. The maximum absolute atomic E-state index is 12.4. The molecule has 4 amide bonds. The molecular formula is C14H23N3O3. The number of amides is 4. The molecule has 6 nitrogen and oxygen atoms in total. The Morgan fingerprint density at radius 3 is 2.60 bits per heavy atom. The lowest BCUT2D eigenvalue weighted by atomic mass is 9.90. The topological polar surface area (TPSA) is 69.7 Å². The van der Waals surface area contributed by atoms with E-state index in [2.05, 4.69) is 10.2 Å². The van der Waals surface area contributed by atoms with Crippen LogP contribution < -0.4 is 5.32 Å². The Bertz CT molecular complexity index is 422. The van der Waals surface area contributed by atoms with Crippen LogP contribution in [0.5, 0.6) is 0 Å².